The van der Waals surface area contributed by atoms with Crippen molar-refractivity contribution in [1.82, 2.24) is 4.57 Å². The first-order valence-corrected chi connectivity index (χ1v) is 18.8. The average molecular weight is 686 g/mol. The number of fused-ring (bicyclic) bond motifs is 8. The first-order chi connectivity index (χ1) is 26.8. The van der Waals surface area contributed by atoms with E-state index in [1.54, 1.807) is 0 Å². The molecule has 1 nitrogen and oxygen atoms in total. The molecular formula is C53H35N. The Labute approximate surface area is 315 Å². The maximum Gasteiger partial charge on any atom is 0.0719 e. The molecule has 0 radical (unpaired) electrons. The lowest BCUT2D eigenvalue weighted by Crippen LogP contribution is -2.28. The minimum atomic E-state index is -0.503. The highest BCUT2D eigenvalue weighted by Crippen LogP contribution is 2.58. The third-order valence-corrected chi connectivity index (χ3v) is 11.6. The Morgan fingerprint density at radius 3 is 1.63 bits per heavy atom. The number of hydrogen-bond acceptors (Lipinski definition) is 0. The summed E-state index contributed by atoms with van der Waals surface area (Å²) < 4.78 is 2.38. The number of benzene rings is 9. The van der Waals surface area contributed by atoms with E-state index in [-0.39, 0.29) is 0 Å². The molecule has 0 spiro atoms. The van der Waals surface area contributed by atoms with E-state index in [2.05, 4.69) is 217 Å². The SMILES string of the molecule is c1ccc(-c2ccc3c(c2)C(c2ccccc2)(c2ccccc2)c2c-3ccc3cc(-c4ccc5c(c4)c4ccccc4n5-c4ccccc4)ccc23)cc1. The first kappa shape index (κ1) is 30.6. The van der Waals surface area contributed by atoms with Gasteiger partial charge >= 0.3 is 0 Å². The van der Waals surface area contributed by atoms with Crippen molar-refractivity contribution in [2.75, 3.05) is 0 Å². The first-order valence-electron chi connectivity index (χ1n) is 18.8. The van der Waals surface area contributed by atoms with Crippen LogP contribution in [-0.2, 0) is 5.41 Å². The standard InChI is InChI=1S/C53H35N/c1-5-15-36(16-6-1)39-26-30-45-47-31-27-40-33-37(38-28-32-51-48(34-38)46-23-13-14-24-50(46)54(51)43-21-11-4-12-22-43)25-29-44(40)52(47)53(49(45)35-39,41-17-7-2-8-18-41)42-19-9-3-10-20-42/h1-35H. The molecule has 0 saturated heterocycles. The van der Waals surface area contributed by atoms with E-state index in [1.807, 2.05) is 0 Å². The molecule has 10 aromatic rings. The highest BCUT2D eigenvalue weighted by Gasteiger charge is 2.47. The molecule has 0 saturated carbocycles. The minimum Gasteiger partial charge on any atom is -0.309 e. The summed E-state index contributed by atoms with van der Waals surface area (Å²) in [5.74, 6) is 0. The molecule has 1 heteroatoms. The monoisotopic (exact) mass is 685 g/mol. The molecule has 1 aromatic heterocycles. The summed E-state index contributed by atoms with van der Waals surface area (Å²) in [5, 5.41) is 5.05. The largest absolute Gasteiger partial charge is 0.309 e. The van der Waals surface area contributed by atoms with Crippen LogP contribution in [0.3, 0.4) is 0 Å². The van der Waals surface area contributed by atoms with Gasteiger partial charge in [0.2, 0.25) is 0 Å². The zero-order valence-electron chi connectivity index (χ0n) is 29.7. The highest BCUT2D eigenvalue weighted by atomic mass is 15.0. The summed E-state index contributed by atoms with van der Waals surface area (Å²) in [5.41, 5.74) is 15.8. The van der Waals surface area contributed by atoms with Gasteiger partial charge in [0.1, 0.15) is 0 Å². The van der Waals surface area contributed by atoms with Crippen LogP contribution in [0.25, 0.3) is 71.6 Å². The van der Waals surface area contributed by atoms with Crippen LogP contribution >= 0.6 is 0 Å². The fraction of sp³-hybridized carbons (Fsp3) is 0.0189. The van der Waals surface area contributed by atoms with E-state index in [0.717, 1.165) is 0 Å². The van der Waals surface area contributed by atoms with Crippen LogP contribution in [0.15, 0.2) is 212 Å². The van der Waals surface area contributed by atoms with Gasteiger partial charge in [0.15, 0.2) is 0 Å². The molecule has 11 rings (SSSR count). The van der Waals surface area contributed by atoms with Crippen LogP contribution in [0.5, 0.6) is 0 Å². The Kier molecular flexibility index (Phi) is 6.84. The zero-order valence-corrected chi connectivity index (χ0v) is 29.7. The number of para-hydroxylation sites is 2. The lowest BCUT2D eigenvalue weighted by Gasteiger charge is -2.35. The van der Waals surface area contributed by atoms with Crippen LogP contribution in [0.4, 0.5) is 0 Å². The Morgan fingerprint density at radius 1 is 0.333 bits per heavy atom. The van der Waals surface area contributed by atoms with E-state index in [4.69, 9.17) is 0 Å². The Balaban J connectivity index is 1.14. The molecule has 1 heterocycles. The fourth-order valence-electron chi connectivity index (χ4n) is 9.32. The van der Waals surface area contributed by atoms with Gasteiger partial charge in [0.25, 0.3) is 0 Å². The molecule has 0 bridgehead atoms. The van der Waals surface area contributed by atoms with E-state index in [0.29, 0.717) is 0 Å². The van der Waals surface area contributed by atoms with Crippen molar-refractivity contribution in [3.05, 3.63) is 235 Å². The van der Waals surface area contributed by atoms with Crippen LogP contribution < -0.4 is 0 Å². The molecule has 0 atom stereocenters. The summed E-state index contributed by atoms with van der Waals surface area (Å²) in [6.07, 6.45) is 0. The molecule has 1 aliphatic carbocycles. The lowest BCUT2D eigenvalue weighted by molar-refractivity contribution is 0.776. The van der Waals surface area contributed by atoms with Gasteiger partial charge in [-0.25, -0.2) is 0 Å². The number of aromatic nitrogens is 1. The van der Waals surface area contributed by atoms with Crippen molar-refractivity contribution in [2.24, 2.45) is 0 Å². The van der Waals surface area contributed by atoms with E-state index < -0.39 is 5.41 Å². The van der Waals surface area contributed by atoms with E-state index in [1.165, 1.54) is 93.9 Å². The fourth-order valence-corrected chi connectivity index (χ4v) is 9.32. The van der Waals surface area contributed by atoms with E-state index in [9.17, 15) is 0 Å². The van der Waals surface area contributed by atoms with Crippen molar-refractivity contribution in [1.29, 1.82) is 0 Å². The lowest BCUT2D eigenvalue weighted by atomic mass is 9.66. The maximum absolute atomic E-state index is 2.45. The summed E-state index contributed by atoms with van der Waals surface area (Å²) in [6, 6.07) is 78.3. The van der Waals surface area contributed by atoms with Gasteiger partial charge in [-0.1, -0.05) is 170 Å². The summed E-state index contributed by atoms with van der Waals surface area (Å²) in [4.78, 5) is 0. The van der Waals surface area contributed by atoms with Crippen LogP contribution in [0.2, 0.25) is 0 Å². The maximum atomic E-state index is 2.45. The van der Waals surface area contributed by atoms with Gasteiger partial charge in [-0.15, -0.1) is 0 Å². The zero-order chi connectivity index (χ0) is 35.6. The van der Waals surface area contributed by atoms with E-state index >= 15 is 0 Å². The second-order valence-corrected chi connectivity index (χ2v) is 14.5. The number of rotatable bonds is 5. The van der Waals surface area contributed by atoms with Gasteiger partial charge in [0.05, 0.1) is 16.4 Å². The number of nitrogens with zero attached hydrogens (tertiary/aromatic N) is 1. The summed E-state index contributed by atoms with van der Waals surface area (Å²) >= 11 is 0. The molecule has 0 unspecified atom stereocenters. The van der Waals surface area contributed by atoms with Gasteiger partial charge in [-0.3, -0.25) is 0 Å². The van der Waals surface area contributed by atoms with Gasteiger partial charge in [-0.05, 0) is 109 Å². The van der Waals surface area contributed by atoms with Crippen molar-refractivity contribution in [3.8, 4) is 39.1 Å². The normalized spacial score (nSPS) is 13.0. The van der Waals surface area contributed by atoms with Crippen LogP contribution in [-0.4, -0.2) is 4.57 Å². The Bertz CT molecular complexity index is 2970. The van der Waals surface area contributed by atoms with Crippen molar-refractivity contribution in [3.63, 3.8) is 0 Å². The van der Waals surface area contributed by atoms with Gasteiger partial charge in [-0.2, -0.15) is 0 Å². The van der Waals surface area contributed by atoms with Crippen LogP contribution in [0.1, 0.15) is 22.3 Å². The van der Waals surface area contributed by atoms with Gasteiger partial charge in [0, 0.05) is 16.5 Å². The topological polar surface area (TPSA) is 4.93 Å². The number of hydrogen-bond donors (Lipinski definition) is 0. The highest BCUT2D eigenvalue weighted by molar-refractivity contribution is 6.11. The molecule has 0 N–H and O–H groups in total. The van der Waals surface area contributed by atoms with Gasteiger partial charge < -0.3 is 4.57 Å². The second-order valence-electron chi connectivity index (χ2n) is 14.5. The molecule has 1 aliphatic rings. The molecule has 54 heavy (non-hydrogen) atoms. The third kappa shape index (κ3) is 4.45. The quantitative estimate of drug-likeness (QED) is 0.170. The Hall–Kier alpha value is -6.96. The predicted octanol–water partition coefficient (Wildman–Crippen LogP) is 13.6. The second kappa shape index (κ2) is 12.0. The smallest absolute Gasteiger partial charge is 0.0719 e. The molecule has 0 aliphatic heterocycles. The summed E-state index contributed by atoms with van der Waals surface area (Å²) in [7, 11) is 0. The van der Waals surface area contributed by atoms with Crippen LogP contribution in [0, 0.1) is 0 Å². The van der Waals surface area contributed by atoms with Crippen molar-refractivity contribution < 1.29 is 0 Å². The molecule has 9 aromatic carbocycles. The third-order valence-electron chi connectivity index (χ3n) is 11.6. The molecule has 0 amide bonds. The van der Waals surface area contributed by atoms with Crippen molar-refractivity contribution >= 4 is 32.6 Å². The summed E-state index contributed by atoms with van der Waals surface area (Å²) in [6.45, 7) is 0. The minimum absolute atomic E-state index is 0.503. The predicted molar refractivity (Wildman–Crippen MR) is 226 cm³/mol. The molecular weight excluding hydrogens is 651 g/mol. The average Bonchev–Trinajstić information content (AvgIpc) is 3.75. The molecule has 0 fully saturated rings. The molecule has 252 valence electrons. The van der Waals surface area contributed by atoms with Crippen molar-refractivity contribution in [2.45, 2.75) is 5.41 Å². The Morgan fingerprint density at radius 2 is 0.889 bits per heavy atom.